The minimum Gasteiger partial charge on any atom is -0.491 e. The summed E-state index contributed by atoms with van der Waals surface area (Å²) in [6.07, 6.45) is 0. The summed E-state index contributed by atoms with van der Waals surface area (Å²) in [5.74, 6) is 1.28. The van der Waals surface area contributed by atoms with Crippen LogP contribution in [0.1, 0.15) is 30.9 Å². The minimum atomic E-state index is -0.439. The van der Waals surface area contributed by atoms with Gasteiger partial charge in [-0.3, -0.25) is 0 Å². The number of hydrogen-bond donors (Lipinski definition) is 0. The quantitative estimate of drug-likeness (QED) is 0.716. The zero-order valence-corrected chi connectivity index (χ0v) is 9.01. The molecule has 0 aromatic heterocycles. The molecule has 0 bridgehead atoms. The zero-order valence-electron chi connectivity index (χ0n) is 9.01. The lowest BCUT2D eigenvalue weighted by Gasteiger charge is -2.11. The summed E-state index contributed by atoms with van der Waals surface area (Å²) in [6, 6.07) is 6.10. The molecular formula is C12H17FO. The van der Waals surface area contributed by atoms with Gasteiger partial charge in [0.2, 0.25) is 0 Å². The molecule has 0 atom stereocenters. The Labute approximate surface area is 84.9 Å². The lowest BCUT2D eigenvalue weighted by molar-refractivity contribution is 0.271. The Morgan fingerprint density at radius 3 is 2.64 bits per heavy atom. The van der Waals surface area contributed by atoms with Crippen molar-refractivity contribution < 1.29 is 9.13 Å². The van der Waals surface area contributed by atoms with Crippen molar-refractivity contribution in [3.05, 3.63) is 29.3 Å². The number of rotatable bonds is 4. The molecule has 0 saturated carbocycles. The smallest absolute Gasteiger partial charge is 0.123 e. The Bertz CT molecular complexity index is 294. The second-order valence-corrected chi connectivity index (χ2v) is 3.72. The van der Waals surface area contributed by atoms with Crippen molar-refractivity contribution in [1.29, 1.82) is 0 Å². The molecule has 1 aromatic carbocycles. The van der Waals surface area contributed by atoms with E-state index in [2.05, 4.69) is 19.9 Å². The Morgan fingerprint density at radius 2 is 2.07 bits per heavy atom. The van der Waals surface area contributed by atoms with E-state index in [1.54, 1.807) is 0 Å². The topological polar surface area (TPSA) is 9.23 Å². The summed E-state index contributed by atoms with van der Waals surface area (Å²) >= 11 is 0. The van der Waals surface area contributed by atoms with Crippen molar-refractivity contribution in [2.75, 3.05) is 13.3 Å². The molecule has 0 heterocycles. The molecule has 0 amide bonds. The van der Waals surface area contributed by atoms with E-state index in [1.165, 1.54) is 5.56 Å². The van der Waals surface area contributed by atoms with Crippen molar-refractivity contribution in [3.63, 3.8) is 0 Å². The second-order valence-electron chi connectivity index (χ2n) is 3.72. The van der Waals surface area contributed by atoms with Crippen LogP contribution in [0.15, 0.2) is 18.2 Å². The van der Waals surface area contributed by atoms with Gasteiger partial charge in [0, 0.05) is 0 Å². The third kappa shape index (κ3) is 2.72. The van der Waals surface area contributed by atoms with Crippen molar-refractivity contribution >= 4 is 0 Å². The molecule has 0 saturated heterocycles. The molecule has 78 valence electrons. The van der Waals surface area contributed by atoms with Crippen molar-refractivity contribution in [1.82, 2.24) is 0 Å². The van der Waals surface area contributed by atoms with Crippen molar-refractivity contribution in [2.24, 2.45) is 0 Å². The first-order valence-corrected chi connectivity index (χ1v) is 4.94. The second kappa shape index (κ2) is 4.99. The van der Waals surface area contributed by atoms with E-state index in [-0.39, 0.29) is 6.61 Å². The summed E-state index contributed by atoms with van der Waals surface area (Å²) in [7, 11) is 0. The molecule has 0 aliphatic rings. The molecule has 14 heavy (non-hydrogen) atoms. The minimum absolute atomic E-state index is 0.141. The summed E-state index contributed by atoms with van der Waals surface area (Å²) in [4.78, 5) is 0. The number of ether oxygens (including phenoxy) is 1. The van der Waals surface area contributed by atoms with E-state index in [9.17, 15) is 4.39 Å². The average molecular weight is 196 g/mol. The molecule has 0 fully saturated rings. The highest BCUT2D eigenvalue weighted by Crippen LogP contribution is 2.24. The molecule has 0 unspecified atom stereocenters. The van der Waals surface area contributed by atoms with Gasteiger partial charge >= 0.3 is 0 Å². The number of aryl methyl sites for hydroxylation is 1. The first-order chi connectivity index (χ1) is 6.65. The van der Waals surface area contributed by atoms with Crippen molar-refractivity contribution in [3.8, 4) is 5.75 Å². The predicted molar refractivity (Wildman–Crippen MR) is 56.7 cm³/mol. The van der Waals surface area contributed by atoms with Gasteiger partial charge in [0.1, 0.15) is 19.0 Å². The van der Waals surface area contributed by atoms with E-state index >= 15 is 0 Å². The lowest BCUT2D eigenvalue weighted by Crippen LogP contribution is -2.01. The number of alkyl halides is 1. The van der Waals surface area contributed by atoms with Crippen LogP contribution in [-0.2, 0) is 0 Å². The van der Waals surface area contributed by atoms with E-state index in [4.69, 9.17) is 4.74 Å². The monoisotopic (exact) mass is 196 g/mol. The first kappa shape index (κ1) is 11.0. The van der Waals surface area contributed by atoms with E-state index in [0.29, 0.717) is 5.92 Å². The van der Waals surface area contributed by atoms with Crippen LogP contribution in [0.4, 0.5) is 4.39 Å². The van der Waals surface area contributed by atoms with E-state index in [1.807, 2.05) is 19.1 Å². The SMILES string of the molecule is Cc1ccc(C(C)C)cc1OCCF. The molecule has 0 spiro atoms. The number of halogens is 1. The van der Waals surface area contributed by atoms with Gasteiger partial charge in [0.25, 0.3) is 0 Å². The number of benzene rings is 1. The molecule has 1 nitrogen and oxygen atoms in total. The fourth-order valence-corrected chi connectivity index (χ4v) is 1.28. The Hall–Kier alpha value is -1.05. The highest BCUT2D eigenvalue weighted by molar-refractivity contribution is 5.37. The van der Waals surface area contributed by atoms with Gasteiger partial charge in [0.05, 0.1) is 0 Å². The van der Waals surface area contributed by atoms with E-state index in [0.717, 1.165) is 11.3 Å². The average Bonchev–Trinajstić information content (AvgIpc) is 2.16. The fraction of sp³-hybridized carbons (Fsp3) is 0.500. The third-order valence-electron chi connectivity index (χ3n) is 2.21. The summed E-state index contributed by atoms with van der Waals surface area (Å²) in [6.45, 7) is 5.93. The van der Waals surface area contributed by atoms with Crippen LogP contribution >= 0.6 is 0 Å². The van der Waals surface area contributed by atoms with Gasteiger partial charge in [0.15, 0.2) is 0 Å². The molecule has 1 rings (SSSR count). The molecule has 0 aliphatic carbocycles. The lowest BCUT2D eigenvalue weighted by atomic mass is 10.0. The van der Waals surface area contributed by atoms with Gasteiger partial charge in [-0.2, -0.15) is 0 Å². The van der Waals surface area contributed by atoms with Gasteiger partial charge in [-0.15, -0.1) is 0 Å². The maximum Gasteiger partial charge on any atom is 0.123 e. The zero-order chi connectivity index (χ0) is 10.6. The summed E-state index contributed by atoms with van der Waals surface area (Å²) < 4.78 is 17.2. The van der Waals surface area contributed by atoms with Crippen LogP contribution in [0.25, 0.3) is 0 Å². The van der Waals surface area contributed by atoms with Crippen LogP contribution in [0.3, 0.4) is 0 Å². The fourth-order valence-electron chi connectivity index (χ4n) is 1.28. The van der Waals surface area contributed by atoms with Gasteiger partial charge in [-0.05, 0) is 30.0 Å². The Kier molecular flexibility index (Phi) is 3.93. The summed E-state index contributed by atoms with van der Waals surface area (Å²) in [5.41, 5.74) is 2.28. The molecule has 0 N–H and O–H groups in total. The van der Waals surface area contributed by atoms with Crippen LogP contribution in [-0.4, -0.2) is 13.3 Å². The first-order valence-electron chi connectivity index (χ1n) is 4.94. The largest absolute Gasteiger partial charge is 0.491 e. The molecule has 1 aromatic rings. The third-order valence-corrected chi connectivity index (χ3v) is 2.21. The van der Waals surface area contributed by atoms with Gasteiger partial charge in [-0.25, -0.2) is 4.39 Å². The van der Waals surface area contributed by atoms with Crippen LogP contribution < -0.4 is 4.74 Å². The maximum atomic E-state index is 11.9. The van der Waals surface area contributed by atoms with Gasteiger partial charge < -0.3 is 4.74 Å². The van der Waals surface area contributed by atoms with E-state index < -0.39 is 6.67 Å². The highest BCUT2D eigenvalue weighted by atomic mass is 19.1. The molecule has 0 radical (unpaired) electrons. The van der Waals surface area contributed by atoms with Crippen molar-refractivity contribution in [2.45, 2.75) is 26.7 Å². The summed E-state index contributed by atoms with van der Waals surface area (Å²) in [5, 5.41) is 0. The standard InChI is InChI=1S/C12H17FO/c1-9(2)11-5-4-10(3)12(8-11)14-7-6-13/h4-5,8-9H,6-7H2,1-3H3. The number of hydrogen-bond acceptors (Lipinski definition) is 1. The highest BCUT2D eigenvalue weighted by Gasteiger charge is 2.04. The van der Waals surface area contributed by atoms with Crippen LogP contribution in [0, 0.1) is 6.92 Å². The molecular weight excluding hydrogens is 179 g/mol. The Morgan fingerprint density at radius 1 is 1.36 bits per heavy atom. The predicted octanol–water partition coefficient (Wildman–Crippen LogP) is 3.47. The van der Waals surface area contributed by atoms with Crippen LogP contribution in [0.5, 0.6) is 5.75 Å². The van der Waals surface area contributed by atoms with Crippen LogP contribution in [0.2, 0.25) is 0 Å². The Balaban J connectivity index is 2.85. The maximum absolute atomic E-state index is 11.9. The normalized spacial score (nSPS) is 10.6. The van der Waals surface area contributed by atoms with Gasteiger partial charge in [-0.1, -0.05) is 26.0 Å². The molecule has 0 aliphatic heterocycles. The molecule has 2 heteroatoms.